The van der Waals surface area contributed by atoms with Crippen LogP contribution >= 0.6 is 0 Å². The fourth-order valence-corrected chi connectivity index (χ4v) is 1.09. The molecule has 3 N–H and O–H groups in total. The van der Waals surface area contributed by atoms with Crippen LogP contribution in [0.15, 0.2) is 12.4 Å². The van der Waals surface area contributed by atoms with Crippen LogP contribution in [0.25, 0.3) is 0 Å². The smallest absolute Gasteiger partial charge is 0.134 e. The molecule has 0 amide bonds. The molecule has 1 heterocycles. The highest BCUT2D eigenvalue weighted by Gasteiger charge is 2.04. The van der Waals surface area contributed by atoms with E-state index in [4.69, 9.17) is 10.8 Å². The van der Waals surface area contributed by atoms with Gasteiger partial charge >= 0.3 is 0 Å². The average molecular weight is 182 g/mol. The lowest BCUT2D eigenvalue weighted by Crippen LogP contribution is -2.27. The van der Waals surface area contributed by atoms with Crippen molar-refractivity contribution in [3.05, 3.63) is 12.4 Å². The summed E-state index contributed by atoms with van der Waals surface area (Å²) >= 11 is 0. The lowest BCUT2D eigenvalue weighted by atomic mass is 10.4. The molecule has 1 aromatic rings. The van der Waals surface area contributed by atoms with Gasteiger partial charge in [-0.1, -0.05) is 0 Å². The van der Waals surface area contributed by atoms with E-state index in [1.807, 2.05) is 11.8 Å². The Kier molecular flexibility index (Phi) is 3.45. The van der Waals surface area contributed by atoms with Crippen LogP contribution in [-0.2, 0) is 0 Å². The van der Waals surface area contributed by atoms with E-state index in [2.05, 4.69) is 9.97 Å². The third kappa shape index (κ3) is 2.55. The first kappa shape index (κ1) is 9.73. The lowest BCUT2D eigenvalue weighted by Gasteiger charge is -2.20. The fourth-order valence-electron chi connectivity index (χ4n) is 1.09. The molecule has 1 aromatic heterocycles. The number of nitrogen functional groups attached to an aromatic ring is 1. The molecule has 0 bridgehead atoms. The fraction of sp³-hybridized carbons (Fsp3) is 0.500. The Morgan fingerprint density at radius 3 is 2.85 bits per heavy atom. The summed E-state index contributed by atoms with van der Waals surface area (Å²) in [5.74, 6) is 1.20. The van der Waals surface area contributed by atoms with E-state index in [1.54, 1.807) is 6.07 Å². The number of likely N-dealkylation sites (N-methyl/N-ethyl adjacent to an activating group) is 1. The number of aliphatic hydroxyl groups is 1. The summed E-state index contributed by atoms with van der Waals surface area (Å²) in [5, 5.41) is 8.78. The molecule has 0 aromatic carbocycles. The third-order valence-electron chi connectivity index (χ3n) is 1.75. The molecule has 72 valence electrons. The Morgan fingerprint density at radius 1 is 1.54 bits per heavy atom. The van der Waals surface area contributed by atoms with Crippen LogP contribution in [-0.4, -0.2) is 34.8 Å². The van der Waals surface area contributed by atoms with Crippen LogP contribution in [0.4, 0.5) is 11.6 Å². The largest absolute Gasteiger partial charge is 0.395 e. The Hall–Kier alpha value is -1.36. The first-order valence-corrected chi connectivity index (χ1v) is 4.21. The van der Waals surface area contributed by atoms with Gasteiger partial charge in [0.25, 0.3) is 0 Å². The Morgan fingerprint density at radius 2 is 2.31 bits per heavy atom. The summed E-state index contributed by atoms with van der Waals surface area (Å²) in [5.41, 5.74) is 5.51. The summed E-state index contributed by atoms with van der Waals surface area (Å²) in [6.45, 7) is 3.45. The summed E-state index contributed by atoms with van der Waals surface area (Å²) in [7, 11) is 0. The van der Waals surface area contributed by atoms with Gasteiger partial charge < -0.3 is 15.7 Å². The second-order valence-electron chi connectivity index (χ2n) is 2.60. The zero-order valence-electron chi connectivity index (χ0n) is 7.64. The number of anilines is 2. The minimum Gasteiger partial charge on any atom is -0.395 e. The van der Waals surface area contributed by atoms with E-state index >= 15 is 0 Å². The van der Waals surface area contributed by atoms with Gasteiger partial charge in [-0.05, 0) is 6.92 Å². The predicted molar refractivity (Wildman–Crippen MR) is 51.4 cm³/mol. The molecule has 0 fully saturated rings. The molecule has 0 aliphatic rings. The van der Waals surface area contributed by atoms with Crippen molar-refractivity contribution in [2.24, 2.45) is 0 Å². The second-order valence-corrected chi connectivity index (χ2v) is 2.60. The van der Waals surface area contributed by atoms with Crippen LogP contribution in [0.2, 0.25) is 0 Å². The molecule has 0 aliphatic heterocycles. The molecule has 1 rings (SSSR count). The predicted octanol–water partition coefficient (Wildman–Crippen LogP) is -0.123. The van der Waals surface area contributed by atoms with Crippen molar-refractivity contribution in [1.82, 2.24) is 9.97 Å². The van der Waals surface area contributed by atoms with Gasteiger partial charge in [0.2, 0.25) is 0 Å². The van der Waals surface area contributed by atoms with Crippen LogP contribution in [0, 0.1) is 0 Å². The number of rotatable bonds is 4. The molecular weight excluding hydrogens is 168 g/mol. The molecule has 0 aliphatic carbocycles. The number of hydrogen-bond donors (Lipinski definition) is 2. The molecule has 0 saturated carbocycles. The number of aliphatic hydroxyl groups excluding tert-OH is 1. The molecule has 0 spiro atoms. The van der Waals surface area contributed by atoms with Gasteiger partial charge in [-0.3, -0.25) is 0 Å². The van der Waals surface area contributed by atoms with Crippen LogP contribution < -0.4 is 10.6 Å². The normalized spacial score (nSPS) is 10.0. The lowest BCUT2D eigenvalue weighted by molar-refractivity contribution is 0.302. The van der Waals surface area contributed by atoms with Crippen LogP contribution in [0.1, 0.15) is 6.92 Å². The van der Waals surface area contributed by atoms with E-state index < -0.39 is 0 Å². The van der Waals surface area contributed by atoms with Crippen molar-refractivity contribution in [3.8, 4) is 0 Å². The van der Waals surface area contributed by atoms with Gasteiger partial charge in [0.1, 0.15) is 18.0 Å². The standard InChI is InChI=1S/C8H14N4O/c1-2-12(3-4-13)8-5-7(9)10-6-11-8/h5-6,13H,2-4H2,1H3,(H2,9,10,11). The summed E-state index contributed by atoms with van der Waals surface area (Å²) in [6.07, 6.45) is 1.42. The first-order chi connectivity index (χ1) is 6.27. The minimum absolute atomic E-state index is 0.109. The quantitative estimate of drug-likeness (QED) is 0.678. The van der Waals surface area contributed by atoms with Crippen molar-refractivity contribution >= 4 is 11.6 Å². The van der Waals surface area contributed by atoms with Crippen LogP contribution in [0.3, 0.4) is 0 Å². The molecule has 0 unspecified atom stereocenters. The van der Waals surface area contributed by atoms with Gasteiger partial charge in [0.15, 0.2) is 0 Å². The number of nitrogens with two attached hydrogens (primary N) is 1. The highest BCUT2D eigenvalue weighted by Crippen LogP contribution is 2.10. The maximum Gasteiger partial charge on any atom is 0.134 e. The van der Waals surface area contributed by atoms with Crippen molar-refractivity contribution < 1.29 is 5.11 Å². The van der Waals surface area contributed by atoms with Crippen molar-refractivity contribution in [1.29, 1.82) is 0 Å². The maximum atomic E-state index is 8.78. The zero-order valence-corrected chi connectivity index (χ0v) is 7.64. The monoisotopic (exact) mass is 182 g/mol. The zero-order chi connectivity index (χ0) is 9.68. The minimum atomic E-state index is 0.109. The first-order valence-electron chi connectivity index (χ1n) is 4.21. The molecule has 5 heteroatoms. The Labute approximate surface area is 77.2 Å². The van der Waals surface area contributed by atoms with E-state index in [0.29, 0.717) is 12.4 Å². The highest BCUT2D eigenvalue weighted by molar-refractivity contribution is 5.45. The van der Waals surface area contributed by atoms with E-state index in [9.17, 15) is 0 Å². The molecular formula is C8H14N4O. The number of nitrogens with zero attached hydrogens (tertiary/aromatic N) is 3. The number of hydrogen-bond acceptors (Lipinski definition) is 5. The average Bonchev–Trinajstić information content (AvgIpc) is 2.14. The maximum absolute atomic E-state index is 8.78. The van der Waals surface area contributed by atoms with Crippen LogP contribution in [0.5, 0.6) is 0 Å². The van der Waals surface area contributed by atoms with Gasteiger partial charge in [-0.2, -0.15) is 0 Å². The highest BCUT2D eigenvalue weighted by atomic mass is 16.3. The molecule has 13 heavy (non-hydrogen) atoms. The van der Waals surface area contributed by atoms with Gasteiger partial charge in [-0.15, -0.1) is 0 Å². The Balaban J connectivity index is 2.78. The third-order valence-corrected chi connectivity index (χ3v) is 1.75. The van der Waals surface area contributed by atoms with Gasteiger partial charge in [0.05, 0.1) is 6.61 Å². The van der Waals surface area contributed by atoms with Gasteiger partial charge in [0, 0.05) is 19.2 Å². The molecule has 0 saturated heterocycles. The van der Waals surface area contributed by atoms with Crippen molar-refractivity contribution in [3.63, 3.8) is 0 Å². The topological polar surface area (TPSA) is 75.3 Å². The second kappa shape index (κ2) is 4.61. The molecule has 5 nitrogen and oxygen atoms in total. The van der Waals surface area contributed by atoms with Crippen molar-refractivity contribution in [2.75, 3.05) is 30.3 Å². The van der Waals surface area contributed by atoms with E-state index in [1.165, 1.54) is 6.33 Å². The summed E-state index contributed by atoms with van der Waals surface area (Å²) < 4.78 is 0. The van der Waals surface area contributed by atoms with Gasteiger partial charge in [-0.25, -0.2) is 9.97 Å². The van der Waals surface area contributed by atoms with Crippen molar-refractivity contribution in [2.45, 2.75) is 6.92 Å². The molecule has 0 atom stereocenters. The SMILES string of the molecule is CCN(CCO)c1cc(N)ncn1. The Bertz CT molecular complexity index is 266. The summed E-state index contributed by atoms with van der Waals surface area (Å²) in [4.78, 5) is 9.78. The number of aromatic nitrogens is 2. The molecule has 0 radical (unpaired) electrons. The van der Waals surface area contributed by atoms with E-state index in [0.717, 1.165) is 12.4 Å². The van der Waals surface area contributed by atoms with E-state index in [-0.39, 0.29) is 6.61 Å². The summed E-state index contributed by atoms with van der Waals surface area (Å²) in [6, 6.07) is 1.69.